The van der Waals surface area contributed by atoms with E-state index in [1.807, 2.05) is 5.32 Å². The van der Waals surface area contributed by atoms with Gasteiger partial charge in [-0.3, -0.25) is 4.79 Å². The highest BCUT2D eigenvalue weighted by Crippen LogP contribution is 2.40. The number of carboxylic acids is 1. The van der Waals surface area contributed by atoms with Crippen LogP contribution in [0.25, 0.3) is 0 Å². The molecule has 1 aliphatic carbocycles. The highest BCUT2D eigenvalue weighted by atomic mass is 19.4. The number of carboxylic acid groups (broad SMARTS) is 1. The lowest BCUT2D eigenvalue weighted by Gasteiger charge is -2.21. The lowest BCUT2D eigenvalue weighted by molar-refractivity contribution is -0.165. The molecule has 114 valence electrons. The van der Waals surface area contributed by atoms with E-state index in [1.54, 1.807) is 0 Å². The van der Waals surface area contributed by atoms with Crippen LogP contribution in [0, 0.1) is 5.92 Å². The molecule has 2 rings (SSSR count). The maximum absolute atomic E-state index is 12.8. The Morgan fingerprint density at radius 2 is 2.00 bits per heavy atom. The van der Waals surface area contributed by atoms with Gasteiger partial charge in [-0.2, -0.15) is 13.2 Å². The lowest BCUT2D eigenvalue weighted by atomic mass is 10.1. The van der Waals surface area contributed by atoms with Crippen LogP contribution in [0.3, 0.4) is 0 Å². The molecule has 7 heteroatoms. The minimum atomic E-state index is -4.46. The van der Waals surface area contributed by atoms with Gasteiger partial charge in [0.05, 0.1) is 12.0 Å². The number of carbonyl (C=O) groups is 2. The second-order valence-electron chi connectivity index (χ2n) is 5.11. The Morgan fingerprint density at radius 1 is 1.33 bits per heavy atom. The summed E-state index contributed by atoms with van der Waals surface area (Å²) in [5.74, 6) is -2.45. The van der Waals surface area contributed by atoms with Crippen molar-refractivity contribution in [1.29, 1.82) is 0 Å². The fourth-order valence-corrected chi connectivity index (χ4v) is 2.12. The van der Waals surface area contributed by atoms with Crippen molar-refractivity contribution in [2.75, 3.05) is 0 Å². The predicted molar refractivity (Wildman–Crippen MR) is 67.8 cm³/mol. The molecule has 0 aliphatic heterocycles. The second kappa shape index (κ2) is 5.75. The van der Waals surface area contributed by atoms with Gasteiger partial charge in [0.1, 0.15) is 6.04 Å². The monoisotopic (exact) mass is 301 g/mol. The van der Waals surface area contributed by atoms with E-state index in [0.717, 1.165) is 0 Å². The average Bonchev–Trinajstić information content (AvgIpc) is 3.19. The first-order valence-corrected chi connectivity index (χ1v) is 6.45. The van der Waals surface area contributed by atoms with E-state index in [2.05, 4.69) is 0 Å². The van der Waals surface area contributed by atoms with Gasteiger partial charge in [0.2, 0.25) is 5.91 Å². The first kappa shape index (κ1) is 15.3. The largest absolute Gasteiger partial charge is 0.478 e. The molecule has 1 fully saturated rings. The number of amides is 1. The lowest BCUT2D eigenvalue weighted by Crippen LogP contribution is -2.47. The summed E-state index contributed by atoms with van der Waals surface area (Å²) in [5.41, 5.74) is 0.360. The summed E-state index contributed by atoms with van der Waals surface area (Å²) in [6.07, 6.45) is -3.82. The number of hydrogen-bond donors (Lipinski definition) is 2. The molecule has 0 radical (unpaired) electrons. The summed E-state index contributed by atoms with van der Waals surface area (Å²) in [6, 6.07) is 3.78. The summed E-state index contributed by atoms with van der Waals surface area (Å²) in [6.45, 7) is 0. The Morgan fingerprint density at radius 3 is 2.52 bits per heavy atom. The Hall–Kier alpha value is -2.05. The van der Waals surface area contributed by atoms with Gasteiger partial charge in [-0.25, -0.2) is 4.79 Å². The minimum Gasteiger partial charge on any atom is -0.478 e. The number of carbonyl (C=O) groups excluding carboxylic acids is 1. The van der Waals surface area contributed by atoms with Crippen LogP contribution >= 0.6 is 0 Å². The number of aromatic carboxylic acids is 1. The molecule has 1 unspecified atom stereocenters. The molecule has 4 nitrogen and oxygen atoms in total. The van der Waals surface area contributed by atoms with Gasteiger partial charge in [-0.05, 0) is 36.5 Å². The third-order valence-electron chi connectivity index (χ3n) is 3.30. The molecule has 2 N–H and O–H groups in total. The topological polar surface area (TPSA) is 66.4 Å². The van der Waals surface area contributed by atoms with Crippen LogP contribution in [-0.2, 0) is 11.2 Å². The number of benzene rings is 1. The minimum absolute atomic E-state index is 0.00476. The van der Waals surface area contributed by atoms with Crippen LogP contribution in [-0.4, -0.2) is 29.2 Å². The van der Waals surface area contributed by atoms with E-state index in [9.17, 15) is 22.8 Å². The normalized spacial score (nSPS) is 16.3. The van der Waals surface area contributed by atoms with Crippen molar-refractivity contribution in [3.63, 3.8) is 0 Å². The van der Waals surface area contributed by atoms with E-state index < -0.39 is 30.0 Å². The van der Waals surface area contributed by atoms with Crippen molar-refractivity contribution in [2.45, 2.75) is 31.5 Å². The maximum Gasteiger partial charge on any atom is 0.408 e. The Balaban J connectivity index is 2.01. The van der Waals surface area contributed by atoms with Crippen LogP contribution in [0.1, 0.15) is 28.8 Å². The number of rotatable bonds is 5. The first-order chi connectivity index (χ1) is 9.77. The zero-order valence-electron chi connectivity index (χ0n) is 11.0. The molecular formula is C14H14F3NO3. The fourth-order valence-electron chi connectivity index (χ4n) is 2.12. The van der Waals surface area contributed by atoms with Crippen LogP contribution in [0.2, 0.25) is 0 Å². The van der Waals surface area contributed by atoms with Crippen molar-refractivity contribution in [3.05, 3.63) is 35.4 Å². The Kier molecular flexibility index (Phi) is 4.20. The number of alkyl halides is 3. The van der Waals surface area contributed by atoms with Crippen LogP contribution in [0.4, 0.5) is 13.2 Å². The highest BCUT2D eigenvalue weighted by Gasteiger charge is 2.49. The smallest absolute Gasteiger partial charge is 0.408 e. The molecule has 0 spiro atoms. The fraction of sp³-hybridized carbons (Fsp3) is 0.429. The van der Waals surface area contributed by atoms with E-state index in [-0.39, 0.29) is 12.0 Å². The van der Waals surface area contributed by atoms with E-state index in [0.29, 0.717) is 18.4 Å². The molecule has 1 aromatic rings. The van der Waals surface area contributed by atoms with Crippen molar-refractivity contribution >= 4 is 11.9 Å². The predicted octanol–water partition coefficient (Wildman–Crippen LogP) is 2.38. The van der Waals surface area contributed by atoms with Gasteiger partial charge >= 0.3 is 12.1 Å². The van der Waals surface area contributed by atoms with Gasteiger partial charge in [-0.15, -0.1) is 0 Å². The summed E-state index contributed by atoms with van der Waals surface area (Å²) in [7, 11) is 0. The third kappa shape index (κ3) is 4.21. The molecule has 0 aromatic heterocycles. The third-order valence-corrected chi connectivity index (χ3v) is 3.30. The second-order valence-corrected chi connectivity index (χ2v) is 5.11. The van der Waals surface area contributed by atoms with E-state index in [1.165, 1.54) is 24.3 Å². The van der Waals surface area contributed by atoms with Crippen molar-refractivity contribution in [1.82, 2.24) is 5.32 Å². The molecule has 1 aromatic carbocycles. The summed E-state index contributed by atoms with van der Waals surface area (Å²) in [4.78, 5) is 22.5. The Labute approximate surface area is 119 Å². The van der Waals surface area contributed by atoms with Gasteiger partial charge in [0, 0.05) is 0 Å². The Bertz CT molecular complexity index is 553. The SMILES string of the molecule is O=C(Cc1cccc(C(=O)O)c1)NC(C1CC1)C(F)(F)F. The zero-order valence-corrected chi connectivity index (χ0v) is 11.0. The van der Waals surface area contributed by atoms with Gasteiger partial charge in [0.15, 0.2) is 0 Å². The highest BCUT2D eigenvalue weighted by molar-refractivity contribution is 5.88. The molecule has 0 bridgehead atoms. The molecule has 1 saturated carbocycles. The molecule has 0 saturated heterocycles. The molecular weight excluding hydrogens is 287 g/mol. The number of halogens is 3. The van der Waals surface area contributed by atoms with Crippen LogP contribution < -0.4 is 5.32 Å². The first-order valence-electron chi connectivity index (χ1n) is 6.45. The molecule has 0 heterocycles. The van der Waals surface area contributed by atoms with Gasteiger partial charge in [-0.1, -0.05) is 12.1 Å². The maximum atomic E-state index is 12.8. The van der Waals surface area contributed by atoms with Crippen LogP contribution in [0.15, 0.2) is 24.3 Å². The van der Waals surface area contributed by atoms with Crippen molar-refractivity contribution < 1.29 is 27.9 Å². The van der Waals surface area contributed by atoms with Crippen LogP contribution in [0.5, 0.6) is 0 Å². The van der Waals surface area contributed by atoms with Gasteiger partial charge < -0.3 is 10.4 Å². The zero-order chi connectivity index (χ0) is 15.6. The molecule has 1 atom stereocenters. The quantitative estimate of drug-likeness (QED) is 0.877. The average molecular weight is 301 g/mol. The number of hydrogen-bond acceptors (Lipinski definition) is 2. The molecule has 1 amide bonds. The van der Waals surface area contributed by atoms with Crippen molar-refractivity contribution in [2.24, 2.45) is 5.92 Å². The summed E-state index contributed by atoms with van der Waals surface area (Å²) >= 11 is 0. The van der Waals surface area contributed by atoms with E-state index in [4.69, 9.17) is 5.11 Å². The molecule has 21 heavy (non-hydrogen) atoms. The summed E-state index contributed by atoms with van der Waals surface area (Å²) < 4.78 is 38.4. The van der Waals surface area contributed by atoms with Gasteiger partial charge in [0.25, 0.3) is 0 Å². The number of nitrogens with one attached hydrogen (secondary N) is 1. The van der Waals surface area contributed by atoms with E-state index >= 15 is 0 Å². The van der Waals surface area contributed by atoms with Crippen molar-refractivity contribution in [3.8, 4) is 0 Å². The standard InChI is InChI=1S/C14H14F3NO3/c15-14(16,17)12(9-4-5-9)18-11(19)7-8-2-1-3-10(6-8)13(20)21/h1-3,6,9,12H,4-5,7H2,(H,18,19)(H,20,21). The summed E-state index contributed by atoms with van der Waals surface area (Å²) in [5, 5.41) is 10.8. The molecule has 1 aliphatic rings.